The molecule has 2 rings (SSSR count). The van der Waals surface area contributed by atoms with Crippen LogP contribution in [0.4, 0.5) is 11.8 Å². The van der Waals surface area contributed by atoms with Crippen LogP contribution >= 0.6 is 23.2 Å². The average molecular weight is 313 g/mol. The van der Waals surface area contributed by atoms with Crippen molar-refractivity contribution in [3.05, 3.63) is 35.1 Å². The molecule has 0 atom stereocenters. The van der Waals surface area contributed by atoms with Crippen molar-refractivity contribution >= 4 is 35.0 Å². The zero-order chi connectivity index (χ0) is 14.8. The highest BCUT2D eigenvalue weighted by atomic mass is 35.5. The van der Waals surface area contributed by atoms with E-state index in [-0.39, 0.29) is 5.95 Å². The molecule has 0 amide bonds. The van der Waals surface area contributed by atoms with Crippen LogP contribution in [0.1, 0.15) is 30.5 Å². The van der Waals surface area contributed by atoms with Crippen molar-refractivity contribution in [1.82, 2.24) is 9.97 Å². The zero-order valence-corrected chi connectivity index (χ0v) is 12.9. The van der Waals surface area contributed by atoms with Crippen LogP contribution in [0.25, 0.3) is 0 Å². The second-order valence-corrected chi connectivity index (χ2v) is 6.50. The maximum absolute atomic E-state index is 6.01. The largest absolute Gasteiger partial charge is 0.383 e. The van der Waals surface area contributed by atoms with Gasteiger partial charge < -0.3 is 11.5 Å². The van der Waals surface area contributed by atoms with Crippen LogP contribution < -0.4 is 11.5 Å². The second-order valence-electron chi connectivity index (χ2n) is 4.96. The molecule has 4 N–H and O–H groups in total. The van der Waals surface area contributed by atoms with Gasteiger partial charge in [0, 0.05) is 17.7 Å². The van der Waals surface area contributed by atoms with Gasteiger partial charge in [0.25, 0.3) is 0 Å². The van der Waals surface area contributed by atoms with Gasteiger partial charge in [-0.25, -0.2) is 4.98 Å². The number of nitrogens with two attached hydrogens (primary N) is 2. The van der Waals surface area contributed by atoms with Gasteiger partial charge in [-0.2, -0.15) is 4.98 Å². The smallest absolute Gasteiger partial charge is 0.222 e. The van der Waals surface area contributed by atoms with E-state index in [0.29, 0.717) is 12.2 Å². The zero-order valence-electron chi connectivity index (χ0n) is 11.4. The molecule has 0 aliphatic heterocycles. The lowest BCUT2D eigenvalue weighted by atomic mass is 9.99. The third-order valence-corrected chi connectivity index (χ3v) is 3.89. The van der Waals surface area contributed by atoms with E-state index in [4.69, 9.17) is 34.7 Å². The summed E-state index contributed by atoms with van der Waals surface area (Å²) < 4.78 is -0.755. The summed E-state index contributed by atoms with van der Waals surface area (Å²) in [5.74, 6) is 0.700. The molecule has 0 unspecified atom stereocenters. The van der Waals surface area contributed by atoms with Crippen LogP contribution in [0.15, 0.2) is 23.8 Å². The molecule has 0 bridgehead atoms. The van der Waals surface area contributed by atoms with Gasteiger partial charge in [0.1, 0.15) is 10.2 Å². The second kappa shape index (κ2) is 6.02. The Balaban J connectivity index is 1.92. The minimum Gasteiger partial charge on any atom is -0.383 e. The minimum atomic E-state index is -0.755. The fourth-order valence-corrected chi connectivity index (χ4v) is 2.52. The first-order valence-corrected chi connectivity index (χ1v) is 7.27. The topological polar surface area (TPSA) is 77.8 Å². The first-order valence-electron chi connectivity index (χ1n) is 6.52. The lowest BCUT2D eigenvalue weighted by Crippen LogP contribution is -2.10. The van der Waals surface area contributed by atoms with Crippen LogP contribution in [-0.2, 0) is 6.42 Å². The highest BCUT2D eigenvalue weighted by Gasteiger charge is 2.21. The molecule has 1 aromatic heterocycles. The third kappa shape index (κ3) is 3.87. The first-order chi connectivity index (χ1) is 9.37. The number of rotatable bonds is 4. The molecular weight excluding hydrogens is 295 g/mol. The van der Waals surface area contributed by atoms with E-state index in [9.17, 15) is 0 Å². The molecule has 108 valence electrons. The standard InChI is InChI=1S/C14H18Cl2N4/c1-9-11(12(17)20-13(18)19-9)4-2-3-10-5-7-14(15,16)8-6-10/h5-7H,2-4,8H2,1H3,(H4,17,18,19,20). The Morgan fingerprint density at radius 1 is 1.25 bits per heavy atom. The molecule has 0 radical (unpaired) electrons. The highest BCUT2D eigenvalue weighted by molar-refractivity contribution is 6.50. The summed E-state index contributed by atoms with van der Waals surface area (Å²) in [5, 5.41) is 0. The summed E-state index contributed by atoms with van der Waals surface area (Å²) in [6, 6.07) is 0. The molecule has 1 heterocycles. The van der Waals surface area contributed by atoms with Gasteiger partial charge in [0.05, 0.1) is 0 Å². The van der Waals surface area contributed by atoms with Gasteiger partial charge in [-0.05, 0) is 32.3 Å². The van der Waals surface area contributed by atoms with E-state index in [2.05, 4.69) is 16.0 Å². The summed E-state index contributed by atoms with van der Waals surface area (Å²) in [4.78, 5) is 8.14. The normalized spacial score (nSPS) is 17.1. The molecule has 0 saturated heterocycles. The molecule has 4 nitrogen and oxygen atoms in total. The predicted molar refractivity (Wildman–Crippen MR) is 84.8 cm³/mol. The summed E-state index contributed by atoms with van der Waals surface area (Å²) in [7, 11) is 0. The van der Waals surface area contributed by atoms with Gasteiger partial charge in [-0.1, -0.05) is 40.9 Å². The van der Waals surface area contributed by atoms with E-state index in [1.54, 1.807) is 0 Å². The monoisotopic (exact) mass is 312 g/mol. The van der Waals surface area contributed by atoms with E-state index >= 15 is 0 Å². The van der Waals surface area contributed by atoms with Gasteiger partial charge >= 0.3 is 0 Å². The molecule has 0 saturated carbocycles. The Hall–Kier alpha value is -1.26. The minimum absolute atomic E-state index is 0.224. The molecule has 20 heavy (non-hydrogen) atoms. The van der Waals surface area contributed by atoms with E-state index in [1.807, 2.05) is 19.1 Å². The van der Waals surface area contributed by atoms with Crippen LogP contribution in [0.5, 0.6) is 0 Å². The van der Waals surface area contributed by atoms with Crippen molar-refractivity contribution in [2.75, 3.05) is 11.5 Å². The van der Waals surface area contributed by atoms with Crippen LogP contribution in [0, 0.1) is 6.92 Å². The molecule has 0 spiro atoms. The van der Waals surface area contributed by atoms with Crippen LogP contribution in [-0.4, -0.2) is 14.3 Å². The van der Waals surface area contributed by atoms with E-state index in [0.717, 1.165) is 30.5 Å². The van der Waals surface area contributed by atoms with E-state index in [1.165, 1.54) is 5.57 Å². The number of anilines is 2. The molecule has 6 heteroatoms. The number of nitrogen functional groups attached to an aromatic ring is 2. The SMILES string of the molecule is Cc1nc(N)nc(N)c1CCCC1=CCC(Cl)(Cl)C=C1. The Morgan fingerprint density at radius 2 is 2.00 bits per heavy atom. The molecule has 1 aliphatic rings. The van der Waals surface area contributed by atoms with Crippen molar-refractivity contribution in [3.8, 4) is 0 Å². The predicted octanol–water partition coefficient (Wildman–Crippen LogP) is 3.33. The summed E-state index contributed by atoms with van der Waals surface area (Å²) >= 11 is 12.0. The fraction of sp³-hybridized carbons (Fsp3) is 0.429. The Kier molecular flexibility index (Phi) is 4.55. The number of aryl methyl sites for hydroxylation is 1. The number of hydrogen-bond acceptors (Lipinski definition) is 4. The number of nitrogens with zero attached hydrogens (tertiary/aromatic N) is 2. The van der Waals surface area contributed by atoms with Crippen molar-refractivity contribution < 1.29 is 0 Å². The lowest BCUT2D eigenvalue weighted by Gasteiger charge is -2.18. The molecular formula is C14H18Cl2N4. The maximum Gasteiger partial charge on any atom is 0.222 e. The Morgan fingerprint density at radius 3 is 2.60 bits per heavy atom. The fourth-order valence-electron chi connectivity index (χ4n) is 2.24. The number of halogens is 2. The molecule has 1 aliphatic carbocycles. The highest BCUT2D eigenvalue weighted by Crippen LogP contribution is 2.32. The number of allylic oxidation sites excluding steroid dienone is 4. The third-order valence-electron chi connectivity index (χ3n) is 3.33. The number of aromatic nitrogens is 2. The van der Waals surface area contributed by atoms with Gasteiger partial charge in [0.2, 0.25) is 5.95 Å². The lowest BCUT2D eigenvalue weighted by molar-refractivity contribution is 0.796. The number of hydrogen-bond donors (Lipinski definition) is 2. The number of alkyl halides is 2. The summed E-state index contributed by atoms with van der Waals surface area (Å²) in [5.41, 5.74) is 14.5. The maximum atomic E-state index is 6.01. The molecule has 0 fully saturated rings. The summed E-state index contributed by atoms with van der Waals surface area (Å²) in [6.45, 7) is 1.90. The average Bonchev–Trinajstić information content (AvgIpc) is 2.34. The van der Waals surface area contributed by atoms with Crippen LogP contribution in [0.2, 0.25) is 0 Å². The van der Waals surface area contributed by atoms with Gasteiger partial charge in [-0.3, -0.25) is 0 Å². The van der Waals surface area contributed by atoms with Crippen molar-refractivity contribution in [3.63, 3.8) is 0 Å². The Labute approximate surface area is 128 Å². The quantitative estimate of drug-likeness (QED) is 0.836. The van der Waals surface area contributed by atoms with Crippen molar-refractivity contribution in [2.24, 2.45) is 0 Å². The molecule has 0 aromatic carbocycles. The van der Waals surface area contributed by atoms with Gasteiger partial charge in [0.15, 0.2) is 0 Å². The van der Waals surface area contributed by atoms with Crippen LogP contribution in [0.3, 0.4) is 0 Å². The van der Waals surface area contributed by atoms with Gasteiger partial charge in [-0.15, -0.1) is 0 Å². The van der Waals surface area contributed by atoms with E-state index < -0.39 is 4.33 Å². The van der Waals surface area contributed by atoms with Crippen molar-refractivity contribution in [2.45, 2.75) is 36.9 Å². The Bertz CT molecular complexity index is 541. The summed E-state index contributed by atoms with van der Waals surface area (Å²) in [6.07, 6.45) is 9.28. The first kappa shape index (κ1) is 15.1. The van der Waals surface area contributed by atoms with Crippen molar-refractivity contribution in [1.29, 1.82) is 0 Å². The molecule has 1 aromatic rings.